The summed E-state index contributed by atoms with van der Waals surface area (Å²) in [6.45, 7) is 7.29. The average molecular weight is 320 g/mol. The summed E-state index contributed by atoms with van der Waals surface area (Å²) >= 11 is 0. The van der Waals surface area contributed by atoms with Crippen LogP contribution in [0, 0.1) is 13.8 Å². The molecule has 0 aromatic carbocycles. The number of aromatic amines is 1. The molecule has 1 saturated heterocycles. The van der Waals surface area contributed by atoms with Gasteiger partial charge in [-0.25, -0.2) is 0 Å². The van der Waals surface area contributed by atoms with Crippen molar-refractivity contribution in [3.05, 3.63) is 17.0 Å². The van der Waals surface area contributed by atoms with E-state index >= 15 is 0 Å². The van der Waals surface area contributed by atoms with Gasteiger partial charge in [0.1, 0.15) is 6.04 Å². The normalized spacial score (nSPS) is 18.6. The maximum atomic E-state index is 12.7. The summed E-state index contributed by atoms with van der Waals surface area (Å²) in [4.78, 5) is 28.6. The average Bonchev–Trinajstić information content (AvgIpc) is 2.85. The van der Waals surface area contributed by atoms with Crippen LogP contribution in [0.15, 0.2) is 0 Å². The Morgan fingerprint density at radius 3 is 2.70 bits per heavy atom. The topological polar surface area (TPSA) is 69.3 Å². The molecule has 1 atom stereocenters. The van der Waals surface area contributed by atoms with Gasteiger partial charge in [-0.15, -0.1) is 0 Å². The van der Waals surface area contributed by atoms with Crippen LogP contribution in [0.4, 0.5) is 0 Å². The number of aromatic nitrogens is 2. The van der Waals surface area contributed by atoms with Gasteiger partial charge < -0.3 is 9.80 Å². The zero-order chi connectivity index (χ0) is 17.0. The smallest absolute Gasteiger partial charge is 0.245 e. The molecule has 2 amide bonds. The van der Waals surface area contributed by atoms with Crippen LogP contribution in [-0.2, 0) is 16.0 Å². The Morgan fingerprint density at radius 2 is 2.09 bits per heavy atom. The molecule has 0 unspecified atom stereocenters. The maximum absolute atomic E-state index is 12.7. The van der Waals surface area contributed by atoms with Gasteiger partial charge in [-0.05, 0) is 32.3 Å². The zero-order valence-electron chi connectivity index (χ0n) is 14.7. The van der Waals surface area contributed by atoms with Crippen molar-refractivity contribution in [1.82, 2.24) is 20.0 Å². The third kappa shape index (κ3) is 3.92. The van der Waals surface area contributed by atoms with E-state index in [9.17, 15) is 9.59 Å². The number of unbranched alkanes of at least 4 members (excludes halogenated alkanes) is 1. The van der Waals surface area contributed by atoms with Crippen LogP contribution in [-0.4, -0.2) is 58.0 Å². The number of nitrogens with one attached hydrogen (secondary N) is 1. The van der Waals surface area contributed by atoms with Crippen molar-refractivity contribution in [2.24, 2.45) is 0 Å². The van der Waals surface area contributed by atoms with E-state index in [2.05, 4.69) is 17.1 Å². The molecule has 1 aliphatic rings. The number of amides is 2. The molecule has 0 saturated carbocycles. The second kappa shape index (κ2) is 7.62. The van der Waals surface area contributed by atoms with Gasteiger partial charge in [0.15, 0.2) is 0 Å². The maximum Gasteiger partial charge on any atom is 0.245 e. The fourth-order valence-electron chi connectivity index (χ4n) is 3.20. The summed E-state index contributed by atoms with van der Waals surface area (Å²) in [7, 11) is 1.82. The summed E-state index contributed by atoms with van der Waals surface area (Å²) < 4.78 is 0. The van der Waals surface area contributed by atoms with E-state index in [4.69, 9.17) is 0 Å². The van der Waals surface area contributed by atoms with Crippen molar-refractivity contribution < 1.29 is 9.59 Å². The predicted molar refractivity (Wildman–Crippen MR) is 89.0 cm³/mol. The first-order chi connectivity index (χ1) is 11.0. The second-order valence-electron chi connectivity index (χ2n) is 6.42. The number of carbonyl (C=O) groups is 2. The highest BCUT2D eigenvalue weighted by atomic mass is 16.2. The molecule has 6 nitrogen and oxygen atoms in total. The number of hydrogen-bond acceptors (Lipinski definition) is 3. The first-order valence-corrected chi connectivity index (χ1v) is 8.50. The van der Waals surface area contributed by atoms with Crippen molar-refractivity contribution in [2.45, 2.75) is 58.9 Å². The van der Waals surface area contributed by atoms with Crippen molar-refractivity contribution >= 4 is 11.8 Å². The van der Waals surface area contributed by atoms with Gasteiger partial charge in [0.2, 0.25) is 11.8 Å². The molecule has 0 spiro atoms. The van der Waals surface area contributed by atoms with Crippen molar-refractivity contribution in [3.63, 3.8) is 0 Å². The lowest BCUT2D eigenvalue weighted by Crippen LogP contribution is -2.57. The molecular weight excluding hydrogens is 292 g/mol. The standard InChI is InChI=1S/C17H28N4O2/c1-5-6-7-15-17(23)20(4)10-11-21(15)16(22)9-8-14-12(2)18-19-13(14)3/h15H,5-11H2,1-4H3,(H,18,19)/t15-/m1/s1. The van der Waals surface area contributed by atoms with Gasteiger partial charge in [-0.1, -0.05) is 19.8 Å². The Labute approximate surface area is 138 Å². The van der Waals surface area contributed by atoms with E-state index in [1.165, 1.54) is 0 Å². The third-order valence-corrected chi connectivity index (χ3v) is 4.73. The summed E-state index contributed by atoms with van der Waals surface area (Å²) in [5.74, 6) is 0.154. The molecule has 1 aromatic heterocycles. The summed E-state index contributed by atoms with van der Waals surface area (Å²) in [5, 5.41) is 7.13. The van der Waals surface area contributed by atoms with E-state index in [1.807, 2.05) is 20.9 Å². The van der Waals surface area contributed by atoms with Gasteiger partial charge >= 0.3 is 0 Å². The molecule has 0 bridgehead atoms. The van der Waals surface area contributed by atoms with Gasteiger partial charge in [0, 0.05) is 32.3 Å². The van der Waals surface area contributed by atoms with E-state index in [0.717, 1.165) is 36.2 Å². The highest BCUT2D eigenvalue weighted by Crippen LogP contribution is 2.19. The SMILES string of the molecule is CCCC[C@@H]1C(=O)N(C)CCN1C(=O)CCc1c(C)n[nH]c1C. The number of piperazine rings is 1. The molecule has 2 rings (SSSR count). The molecule has 23 heavy (non-hydrogen) atoms. The third-order valence-electron chi connectivity index (χ3n) is 4.73. The minimum absolute atomic E-state index is 0.0764. The van der Waals surface area contributed by atoms with Crippen LogP contribution in [0.1, 0.15) is 49.6 Å². The zero-order valence-corrected chi connectivity index (χ0v) is 14.7. The first-order valence-electron chi connectivity index (χ1n) is 8.50. The van der Waals surface area contributed by atoms with Crippen molar-refractivity contribution in [2.75, 3.05) is 20.1 Å². The lowest BCUT2D eigenvalue weighted by molar-refractivity contribution is -0.150. The minimum Gasteiger partial charge on any atom is -0.342 e. The van der Waals surface area contributed by atoms with E-state index < -0.39 is 0 Å². The van der Waals surface area contributed by atoms with Gasteiger partial charge in [-0.2, -0.15) is 5.10 Å². The number of likely N-dealkylation sites (N-methyl/N-ethyl adjacent to an activating group) is 1. The summed E-state index contributed by atoms with van der Waals surface area (Å²) in [6.07, 6.45) is 3.86. The Bertz CT molecular complexity index is 547. The molecule has 0 aliphatic carbocycles. The van der Waals surface area contributed by atoms with Crippen LogP contribution in [0.3, 0.4) is 0 Å². The molecule has 1 aromatic rings. The number of aryl methyl sites for hydroxylation is 2. The fraction of sp³-hybridized carbons (Fsp3) is 0.706. The molecule has 1 aliphatic heterocycles. The quantitative estimate of drug-likeness (QED) is 0.869. The Hall–Kier alpha value is -1.85. The van der Waals surface area contributed by atoms with Crippen LogP contribution in [0.2, 0.25) is 0 Å². The molecule has 2 heterocycles. The largest absolute Gasteiger partial charge is 0.342 e. The van der Waals surface area contributed by atoms with Crippen molar-refractivity contribution in [3.8, 4) is 0 Å². The number of rotatable bonds is 6. The van der Waals surface area contributed by atoms with Gasteiger partial charge in [0.25, 0.3) is 0 Å². The second-order valence-corrected chi connectivity index (χ2v) is 6.42. The lowest BCUT2D eigenvalue weighted by Gasteiger charge is -2.39. The molecular formula is C17H28N4O2. The fourth-order valence-corrected chi connectivity index (χ4v) is 3.20. The molecule has 128 valence electrons. The van der Waals surface area contributed by atoms with E-state index in [1.54, 1.807) is 9.80 Å². The van der Waals surface area contributed by atoms with Crippen LogP contribution < -0.4 is 0 Å². The molecule has 0 radical (unpaired) electrons. The first kappa shape index (κ1) is 17.5. The number of carbonyl (C=O) groups excluding carboxylic acids is 2. The lowest BCUT2D eigenvalue weighted by atomic mass is 10.0. The van der Waals surface area contributed by atoms with Crippen LogP contribution >= 0.6 is 0 Å². The monoisotopic (exact) mass is 320 g/mol. The highest BCUT2D eigenvalue weighted by Gasteiger charge is 2.35. The molecule has 1 fully saturated rings. The highest BCUT2D eigenvalue weighted by molar-refractivity contribution is 5.88. The molecule has 6 heteroatoms. The minimum atomic E-state index is -0.284. The van der Waals surface area contributed by atoms with Gasteiger partial charge in [-0.3, -0.25) is 14.7 Å². The Kier molecular flexibility index (Phi) is 5.80. The summed E-state index contributed by atoms with van der Waals surface area (Å²) in [5.41, 5.74) is 3.09. The Morgan fingerprint density at radius 1 is 1.35 bits per heavy atom. The van der Waals surface area contributed by atoms with Crippen LogP contribution in [0.25, 0.3) is 0 Å². The Balaban J connectivity index is 2.02. The van der Waals surface area contributed by atoms with E-state index in [-0.39, 0.29) is 17.9 Å². The van der Waals surface area contributed by atoms with Gasteiger partial charge in [0.05, 0.1) is 5.69 Å². The summed E-state index contributed by atoms with van der Waals surface area (Å²) in [6, 6.07) is -0.284. The number of hydrogen-bond donors (Lipinski definition) is 1. The molecule has 1 N–H and O–H groups in total. The predicted octanol–water partition coefficient (Wildman–Crippen LogP) is 1.82. The number of nitrogens with zero attached hydrogens (tertiary/aromatic N) is 3. The van der Waals surface area contributed by atoms with Crippen LogP contribution in [0.5, 0.6) is 0 Å². The van der Waals surface area contributed by atoms with Crippen molar-refractivity contribution in [1.29, 1.82) is 0 Å². The number of H-pyrrole nitrogens is 1. The van der Waals surface area contributed by atoms with E-state index in [0.29, 0.717) is 25.9 Å².